The van der Waals surface area contributed by atoms with Gasteiger partial charge in [0.2, 0.25) is 0 Å². The number of rotatable bonds is 6. The first-order chi connectivity index (χ1) is 13.6. The molecule has 1 fully saturated rings. The fourth-order valence-electron chi connectivity index (χ4n) is 3.59. The molecule has 4 heteroatoms. The van der Waals surface area contributed by atoms with Gasteiger partial charge in [-0.2, -0.15) is 5.26 Å². The van der Waals surface area contributed by atoms with Crippen LogP contribution in [0, 0.1) is 17.2 Å². The molecule has 28 heavy (non-hydrogen) atoms. The average Bonchev–Trinajstić information content (AvgIpc) is 2.73. The van der Waals surface area contributed by atoms with Gasteiger partial charge in [0.15, 0.2) is 0 Å². The monoisotopic (exact) mass is 393 g/mol. The van der Waals surface area contributed by atoms with Crippen LogP contribution in [0.1, 0.15) is 56.1 Å². The van der Waals surface area contributed by atoms with Crippen molar-refractivity contribution in [2.24, 2.45) is 5.92 Å². The van der Waals surface area contributed by atoms with Crippen LogP contribution >= 0.6 is 11.6 Å². The van der Waals surface area contributed by atoms with Crippen molar-refractivity contribution in [2.75, 3.05) is 0 Å². The minimum atomic E-state index is -0.173. The quantitative estimate of drug-likeness (QED) is 0.238. The van der Waals surface area contributed by atoms with Gasteiger partial charge in [-0.25, -0.2) is 0 Å². The average molecular weight is 394 g/mol. The van der Waals surface area contributed by atoms with E-state index < -0.39 is 0 Å². The molecule has 0 saturated heterocycles. The van der Waals surface area contributed by atoms with Crippen LogP contribution in [-0.4, -0.2) is 5.97 Å². The summed E-state index contributed by atoms with van der Waals surface area (Å²) in [6.07, 6.45) is 9.58. The summed E-state index contributed by atoms with van der Waals surface area (Å²) >= 11 is 5.90. The molecule has 0 aromatic heterocycles. The number of nitriles is 1. The van der Waals surface area contributed by atoms with Gasteiger partial charge in [-0.3, -0.25) is 4.79 Å². The Kier molecular flexibility index (Phi) is 7.28. The van der Waals surface area contributed by atoms with Crippen molar-refractivity contribution in [3.63, 3.8) is 0 Å². The van der Waals surface area contributed by atoms with E-state index in [1.807, 2.05) is 24.3 Å². The number of halogens is 1. The second-order valence-electron chi connectivity index (χ2n) is 7.26. The van der Waals surface area contributed by atoms with Gasteiger partial charge >= 0.3 is 5.97 Å². The normalized spacial score (nSPS) is 15.1. The Morgan fingerprint density at radius 1 is 1.07 bits per heavy atom. The molecule has 3 nitrogen and oxygen atoms in total. The van der Waals surface area contributed by atoms with Gasteiger partial charge in [0, 0.05) is 11.4 Å². The summed E-state index contributed by atoms with van der Waals surface area (Å²) in [5.74, 6) is 1.04. The van der Waals surface area contributed by atoms with E-state index in [0.29, 0.717) is 28.7 Å². The van der Waals surface area contributed by atoms with Crippen molar-refractivity contribution in [1.29, 1.82) is 5.26 Å². The number of carbonyl (C=O) groups excluding carboxylic acids is 1. The topological polar surface area (TPSA) is 50.1 Å². The maximum Gasteiger partial charge on any atom is 0.311 e. The molecule has 0 bridgehead atoms. The standard InChI is InChI=1S/C24H24ClNO2/c25-22-11-9-20(10-12-22)21(17-26)16-19-6-13-23(14-7-19)28-24(27)15-8-18-4-2-1-3-5-18/h6-7,9-14,16,18H,1-5,8,15H2/b21-16-. The lowest BCUT2D eigenvalue weighted by Crippen LogP contribution is -2.12. The van der Waals surface area contributed by atoms with Crippen molar-refractivity contribution in [3.8, 4) is 11.8 Å². The molecule has 3 rings (SSSR count). The van der Waals surface area contributed by atoms with Gasteiger partial charge in [-0.15, -0.1) is 0 Å². The lowest BCUT2D eigenvalue weighted by molar-refractivity contribution is -0.134. The molecule has 0 radical (unpaired) electrons. The number of nitrogens with zero attached hydrogens (tertiary/aromatic N) is 1. The summed E-state index contributed by atoms with van der Waals surface area (Å²) in [5, 5.41) is 10.1. The lowest BCUT2D eigenvalue weighted by Gasteiger charge is -2.20. The van der Waals surface area contributed by atoms with Crippen LogP contribution in [0.15, 0.2) is 48.5 Å². The van der Waals surface area contributed by atoms with E-state index in [1.165, 1.54) is 32.1 Å². The van der Waals surface area contributed by atoms with Crippen molar-refractivity contribution < 1.29 is 9.53 Å². The molecule has 0 atom stereocenters. The summed E-state index contributed by atoms with van der Waals surface area (Å²) in [5.41, 5.74) is 2.23. The van der Waals surface area contributed by atoms with E-state index in [-0.39, 0.29) is 5.97 Å². The fourth-order valence-corrected chi connectivity index (χ4v) is 3.71. The molecular weight excluding hydrogens is 370 g/mol. The smallest absolute Gasteiger partial charge is 0.311 e. The molecule has 144 valence electrons. The zero-order valence-corrected chi connectivity index (χ0v) is 16.6. The zero-order chi connectivity index (χ0) is 19.8. The van der Waals surface area contributed by atoms with Crippen molar-refractivity contribution in [1.82, 2.24) is 0 Å². The van der Waals surface area contributed by atoms with E-state index in [2.05, 4.69) is 6.07 Å². The summed E-state index contributed by atoms with van der Waals surface area (Å²) in [6, 6.07) is 16.6. The predicted molar refractivity (Wildman–Crippen MR) is 113 cm³/mol. The molecule has 0 spiro atoms. The SMILES string of the molecule is N#C/C(=C/c1ccc(OC(=O)CCC2CCCCC2)cc1)c1ccc(Cl)cc1. The van der Waals surface area contributed by atoms with E-state index in [9.17, 15) is 10.1 Å². The summed E-state index contributed by atoms with van der Waals surface area (Å²) in [7, 11) is 0. The van der Waals surface area contributed by atoms with Crippen LogP contribution in [0.25, 0.3) is 11.6 Å². The molecule has 1 aliphatic rings. The molecular formula is C24H24ClNO2. The number of ether oxygens (including phenoxy) is 1. The molecule has 0 N–H and O–H groups in total. The largest absolute Gasteiger partial charge is 0.427 e. The Hall–Kier alpha value is -2.57. The Bertz CT molecular complexity index is 857. The third-order valence-electron chi connectivity index (χ3n) is 5.18. The van der Waals surface area contributed by atoms with Crippen LogP contribution in [0.3, 0.4) is 0 Å². The van der Waals surface area contributed by atoms with Gasteiger partial charge in [0.1, 0.15) is 5.75 Å². The highest BCUT2D eigenvalue weighted by molar-refractivity contribution is 6.30. The minimum Gasteiger partial charge on any atom is -0.427 e. The summed E-state index contributed by atoms with van der Waals surface area (Å²) < 4.78 is 5.45. The highest BCUT2D eigenvalue weighted by Crippen LogP contribution is 2.27. The first kappa shape index (κ1) is 20.2. The molecule has 1 aliphatic carbocycles. The Morgan fingerprint density at radius 3 is 2.39 bits per heavy atom. The highest BCUT2D eigenvalue weighted by Gasteiger charge is 2.15. The fraction of sp³-hybridized carbons (Fsp3) is 0.333. The van der Waals surface area contributed by atoms with Crippen LogP contribution in [0.5, 0.6) is 5.75 Å². The second kappa shape index (κ2) is 10.1. The molecule has 0 aliphatic heterocycles. The van der Waals surface area contributed by atoms with Gasteiger partial charge < -0.3 is 4.74 Å². The van der Waals surface area contributed by atoms with Crippen molar-refractivity contribution in [3.05, 3.63) is 64.7 Å². The third kappa shape index (κ3) is 5.97. The number of benzene rings is 2. The first-order valence-corrected chi connectivity index (χ1v) is 10.2. The predicted octanol–water partition coefficient (Wildman–Crippen LogP) is 6.67. The maximum atomic E-state index is 12.1. The van der Waals surface area contributed by atoms with Crippen LogP contribution in [0.2, 0.25) is 5.02 Å². The Balaban J connectivity index is 1.57. The van der Waals surface area contributed by atoms with Gasteiger partial charge in [0.25, 0.3) is 0 Å². The minimum absolute atomic E-state index is 0.173. The van der Waals surface area contributed by atoms with E-state index in [4.69, 9.17) is 16.3 Å². The van der Waals surface area contributed by atoms with Crippen LogP contribution < -0.4 is 4.74 Å². The number of esters is 1. The molecule has 2 aromatic carbocycles. The Morgan fingerprint density at radius 2 is 1.75 bits per heavy atom. The molecule has 0 heterocycles. The maximum absolute atomic E-state index is 12.1. The molecule has 2 aromatic rings. The third-order valence-corrected chi connectivity index (χ3v) is 5.43. The van der Waals surface area contributed by atoms with Gasteiger partial charge in [-0.1, -0.05) is 68.0 Å². The van der Waals surface area contributed by atoms with Crippen LogP contribution in [0.4, 0.5) is 0 Å². The van der Waals surface area contributed by atoms with Crippen LogP contribution in [-0.2, 0) is 4.79 Å². The summed E-state index contributed by atoms with van der Waals surface area (Å²) in [4.78, 5) is 12.1. The van der Waals surface area contributed by atoms with E-state index in [1.54, 1.807) is 30.3 Å². The first-order valence-electron chi connectivity index (χ1n) is 9.82. The second-order valence-corrected chi connectivity index (χ2v) is 7.70. The number of carbonyl (C=O) groups is 1. The van der Waals surface area contributed by atoms with Crippen molar-refractivity contribution in [2.45, 2.75) is 44.9 Å². The number of hydrogen-bond donors (Lipinski definition) is 0. The van der Waals surface area contributed by atoms with Gasteiger partial charge in [0.05, 0.1) is 11.6 Å². The van der Waals surface area contributed by atoms with Crippen molar-refractivity contribution >= 4 is 29.2 Å². The highest BCUT2D eigenvalue weighted by atomic mass is 35.5. The lowest BCUT2D eigenvalue weighted by atomic mass is 9.86. The van der Waals surface area contributed by atoms with E-state index >= 15 is 0 Å². The molecule has 0 unspecified atom stereocenters. The number of allylic oxidation sites excluding steroid dienone is 1. The van der Waals surface area contributed by atoms with E-state index in [0.717, 1.165) is 17.5 Å². The molecule has 1 saturated carbocycles. The molecule has 0 amide bonds. The summed E-state index contributed by atoms with van der Waals surface area (Å²) in [6.45, 7) is 0. The number of hydrogen-bond acceptors (Lipinski definition) is 3. The zero-order valence-electron chi connectivity index (χ0n) is 15.9. The van der Waals surface area contributed by atoms with Gasteiger partial charge in [-0.05, 0) is 53.8 Å². The Labute approximate surface area is 171 Å².